The number of hydrogen-bond donors (Lipinski definition) is 0. The molecule has 0 radical (unpaired) electrons. The van der Waals surface area contributed by atoms with Crippen LogP contribution in [0.25, 0.3) is 5.52 Å². The number of hydrogen-bond acceptors (Lipinski definition) is 2. The lowest BCUT2D eigenvalue weighted by atomic mass is 10.4. The number of aromatic nitrogens is 2. The van der Waals surface area contributed by atoms with Crippen molar-refractivity contribution < 1.29 is 9.18 Å². The lowest BCUT2D eigenvalue weighted by molar-refractivity contribution is 0.100. The Morgan fingerprint density at radius 1 is 1.64 bits per heavy atom. The molecule has 0 bridgehead atoms. The summed E-state index contributed by atoms with van der Waals surface area (Å²) in [5.74, 6) is -0.373. The van der Waals surface area contributed by atoms with Crippen LogP contribution in [0.1, 0.15) is 17.5 Å². The van der Waals surface area contributed by atoms with Crippen molar-refractivity contribution in [2.75, 3.05) is 0 Å². The molecule has 0 saturated heterocycles. The predicted octanol–water partition coefficient (Wildman–Crippen LogP) is 2.44. The number of Topliss-reactive ketones (excluding diaryl/α,β-unsaturated/α-hetero) is 1. The summed E-state index contributed by atoms with van der Waals surface area (Å²) in [6, 6.07) is 2.86. The fourth-order valence-corrected chi connectivity index (χ4v) is 1.85. The third kappa shape index (κ3) is 1.24. The third-order valence-electron chi connectivity index (χ3n) is 1.89. The van der Waals surface area contributed by atoms with E-state index in [9.17, 15) is 9.18 Å². The number of carbonyl (C=O) groups is 1. The Balaban J connectivity index is 2.91. The zero-order chi connectivity index (χ0) is 10.3. The zero-order valence-electron chi connectivity index (χ0n) is 7.29. The van der Waals surface area contributed by atoms with E-state index in [4.69, 9.17) is 0 Å². The van der Waals surface area contributed by atoms with E-state index in [-0.39, 0.29) is 17.1 Å². The Morgan fingerprint density at radius 2 is 2.36 bits per heavy atom. The molecule has 3 nitrogen and oxygen atoms in total. The molecule has 5 heteroatoms. The summed E-state index contributed by atoms with van der Waals surface area (Å²) >= 11 is 3.11. The van der Waals surface area contributed by atoms with E-state index in [0.29, 0.717) is 4.60 Å². The summed E-state index contributed by atoms with van der Waals surface area (Å²) in [6.07, 6.45) is 1.60. The quantitative estimate of drug-likeness (QED) is 0.735. The fraction of sp³-hybridized carbons (Fsp3) is 0.111. The van der Waals surface area contributed by atoms with Gasteiger partial charge in [-0.3, -0.25) is 9.20 Å². The van der Waals surface area contributed by atoms with Crippen molar-refractivity contribution in [2.45, 2.75) is 6.92 Å². The Labute approximate surface area is 87.7 Å². The number of carbonyl (C=O) groups excluding carboxylic acids is 1. The summed E-state index contributed by atoms with van der Waals surface area (Å²) in [6.45, 7) is 1.39. The van der Waals surface area contributed by atoms with E-state index in [1.54, 1.807) is 6.20 Å². The van der Waals surface area contributed by atoms with E-state index >= 15 is 0 Å². The molecule has 0 aromatic carbocycles. The van der Waals surface area contributed by atoms with Gasteiger partial charge in [0.25, 0.3) is 0 Å². The average Bonchev–Trinajstić information content (AvgIpc) is 2.45. The van der Waals surface area contributed by atoms with Gasteiger partial charge in [0, 0.05) is 13.1 Å². The van der Waals surface area contributed by atoms with Crippen LogP contribution in [-0.2, 0) is 0 Å². The maximum absolute atomic E-state index is 13.3. The molecule has 72 valence electrons. The van der Waals surface area contributed by atoms with E-state index < -0.39 is 5.82 Å². The molecule has 0 N–H and O–H groups in total. The van der Waals surface area contributed by atoms with Gasteiger partial charge in [-0.25, -0.2) is 9.37 Å². The Hall–Kier alpha value is -1.23. The molecule has 2 aromatic rings. The Bertz CT molecular complexity index is 521. The van der Waals surface area contributed by atoms with Gasteiger partial charge < -0.3 is 0 Å². The van der Waals surface area contributed by atoms with Crippen molar-refractivity contribution in [1.29, 1.82) is 0 Å². The minimum atomic E-state index is -0.403. The van der Waals surface area contributed by atoms with Crippen molar-refractivity contribution in [2.24, 2.45) is 0 Å². The van der Waals surface area contributed by atoms with Gasteiger partial charge in [-0.1, -0.05) is 0 Å². The molecule has 2 heterocycles. The van der Waals surface area contributed by atoms with Gasteiger partial charge in [0.05, 0.1) is 0 Å². The molecule has 14 heavy (non-hydrogen) atoms. The summed E-state index contributed by atoms with van der Waals surface area (Å²) in [5, 5.41) is 0. The molecule has 0 aliphatic heterocycles. The standard InChI is InChI=1S/C9H6BrFN2O/c1-5(14)9-12-8(10)7-6(11)3-2-4-13(7)9/h2-4H,1H3. The first kappa shape index (κ1) is 9.33. The molecule has 0 aliphatic rings. The third-order valence-corrected chi connectivity index (χ3v) is 2.44. The van der Waals surface area contributed by atoms with Crippen LogP contribution in [0.5, 0.6) is 0 Å². The zero-order valence-corrected chi connectivity index (χ0v) is 8.88. The van der Waals surface area contributed by atoms with Crippen molar-refractivity contribution in [3.63, 3.8) is 0 Å². The van der Waals surface area contributed by atoms with Crippen LogP contribution in [0, 0.1) is 5.82 Å². The average molecular weight is 257 g/mol. The smallest absolute Gasteiger partial charge is 0.195 e. The molecule has 0 amide bonds. The number of pyridine rings is 1. The first-order chi connectivity index (χ1) is 6.61. The fourth-order valence-electron chi connectivity index (χ4n) is 1.30. The summed E-state index contributed by atoms with van der Waals surface area (Å²) < 4.78 is 15.1. The number of imidazole rings is 1. The molecule has 2 aromatic heterocycles. The highest BCUT2D eigenvalue weighted by Gasteiger charge is 2.14. The highest BCUT2D eigenvalue weighted by atomic mass is 79.9. The Kier molecular flexibility index (Phi) is 2.11. The maximum Gasteiger partial charge on any atom is 0.195 e. The van der Waals surface area contributed by atoms with Crippen molar-refractivity contribution in [3.05, 3.63) is 34.6 Å². The molecular weight excluding hydrogens is 251 g/mol. The molecule has 2 rings (SSSR count). The van der Waals surface area contributed by atoms with E-state index in [0.717, 1.165) is 0 Å². The van der Waals surface area contributed by atoms with E-state index in [1.165, 1.54) is 23.5 Å². The number of rotatable bonds is 1. The minimum absolute atomic E-state index is 0.198. The highest BCUT2D eigenvalue weighted by Crippen LogP contribution is 2.21. The van der Waals surface area contributed by atoms with Crippen molar-refractivity contribution in [1.82, 2.24) is 9.38 Å². The lowest BCUT2D eigenvalue weighted by Gasteiger charge is -1.96. The second kappa shape index (κ2) is 3.16. The lowest BCUT2D eigenvalue weighted by Crippen LogP contribution is -2.00. The second-order valence-corrected chi connectivity index (χ2v) is 3.61. The van der Waals surface area contributed by atoms with E-state index in [1.807, 2.05) is 0 Å². The molecular formula is C9H6BrFN2O. The molecule has 0 atom stereocenters. The molecule has 0 spiro atoms. The molecule has 0 unspecified atom stereocenters. The van der Waals surface area contributed by atoms with Crippen LogP contribution in [-0.4, -0.2) is 15.2 Å². The van der Waals surface area contributed by atoms with Gasteiger partial charge in [0.1, 0.15) is 15.9 Å². The van der Waals surface area contributed by atoms with Crippen molar-refractivity contribution >= 4 is 27.2 Å². The van der Waals surface area contributed by atoms with Crippen LogP contribution in [0.15, 0.2) is 22.9 Å². The predicted molar refractivity (Wildman–Crippen MR) is 52.9 cm³/mol. The number of ketones is 1. The van der Waals surface area contributed by atoms with Gasteiger partial charge in [-0.2, -0.15) is 0 Å². The summed E-state index contributed by atoms with van der Waals surface area (Å²) in [5.41, 5.74) is 0.290. The van der Waals surface area contributed by atoms with Gasteiger partial charge in [0.15, 0.2) is 11.6 Å². The van der Waals surface area contributed by atoms with Crippen molar-refractivity contribution in [3.8, 4) is 0 Å². The molecule has 0 saturated carbocycles. The summed E-state index contributed by atoms with van der Waals surface area (Å²) in [7, 11) is 0. The monoisotopic (exact) mass is 256 g/mol. The van der Waals surface area contributed by atoms with Gasteiger partial charge in [-0.05, 0) is 28.1 Å². The van der Waals surface area contributed by atoms with Crippen LogP contribution in [0.4, 0.5) is 4.39 Å². The number of nitrogens with zero attached hydrogens (tertiary/aromatic N) is 2. The number of fused-ring (bicyclic) bond motifs is 1. The second-order valence-electron chi connectivity index (χ2n) is 2.86. The minimum Gasteiger partial charge on any atom is -0.294 e. The topological polar surface area (TPSA) is 34.4 Å². The van der Waals surface area contributed by atoms with E-state index in [2.05, 4.69) is 20.9 Å². The summed E-state index contributed by atoms with van der Waals surface area (Å²) in [4.78, 5) is 15.1. The maximum atomic E-state index is 13.3. The number of halogens is 2. The molecule has 0 fully saturated rings. The first-order valence-electron chi connectivity index (χ1n) is 3.94. The van der Waals surface area contributed by atoms with Gasteiger partial charge >= 0.3 is 0 Å². The Morgan fingerprint density at radius 3 is 3.00 bits per heavy atom. The van der Waals surface area contributed by atoms with Gasteiger partial charge in [-0.15, -0.1) is 0 Å². The van der Waals surface area contributed by atoms with Crippen LogP contribution < -0.4 is 0 Å². The van der Waals surface area contributed by atoms with Crippen LogP contribution >= 0.6 is 15.9 Å². The highest BCUT2D eigenvalue weighted by molar-refractivity contribution is 9.10. The molecule has 0 aliphatic carbocycles. The SMILES string of the molecule is CC(=O)c1nc(Br)c2c(F)cccn12. The van der Waals surface area contributed by atoms with Crippen LogP contribution in [0.2, 0.25) is 0 Å². The van der Waals surface area contributed by atoms with Gasteiger partial charge in [0.2, 0.25) is 0 Å². The largest absolute Gasteiger partial charge is 0.294 e. The normalized spacial score (nSPS) is 10.8. The first-order valence-corrected chi connectivity index (χ1v) is 4.73. The van der Waals surface area contributed by atoms with Crippen LogP contribution in [0.3, 0.4) is 0 Å².